The van der Waals surface area contributed by atoms with Gasteiger partial charge in [0, 0.05) is 12.7 Å². The Morgan fingerprint density at radius 3 is 3.00 bits per heavy atom. The van der Waals surface area contributed by atoms with Crippen molar-refractivity contribution >= 4 is 17.3 Å². The zero-order valence-electron chi connectivity index (χ0n) is 11.7. The molecule has 0 saturated carbocycles. The van der Waals surface area contributed by atoms with E-state index in [9.17, 15) is 0 Å². The quantitative estimate of drug-likeness (QED) is 0.831. The topological polar surface area (TPSA) is 25.4 Å². The maximum Gasteiger partial charge on any atom is 0.0676 e. The number of anilines is 1. The molecule has 0 aliphatic carbocycles. The summed E-state index contributed by atoms with van der Waals surface area (Å²) in [6.45, 7) is 7.15. The summed E-state index contributed by atoms with van der Waals surface area (Å²) in [6.07, 6.45) is 5.14. The molecule has 1 aromatic heterocycles. The van der Waals surface area contributed by atoms with Crippen LogP contribution < -0.4 is 4.90 Å². The van der Waals surface area contributed by atoms with Gasteiger partial charge in [0.1, 0.15) is 0 Å². The van der Waals surface area contributed by atoms with Gasteiger partial charge in [-0.1, -0.05) is 25.4 Å². The van der Waals surface area contributed by atoms with Crippen LogP contribution in [0.2, 0.25) is 5.02 Å². The fourth-order valence-electron chi connectivity index (χ4n) is 3.66. The lowest BCUT2D eigenvalue weighted by molar-refractivity contribution is 0.0307. The molecular weight excluding hydrogens is 260 g/mol. The number of rotatable bonds is 2. The van der Waals surface area contributed by atoms with E-state index in [0.717, 1.165) is 44.0 Å². The van der Waals surface area contributed by atoms with Crippen LogP contribution in [0.15, 0.2) is 12.3 Å². The molecule has 0 N–H and O–H groups in total. The second-order valence-corrected chi connectivity index (χ2v) is 6.09. The fourth-order valence-corrected chi connectivity index (χ4v) is 3.82. The van der Waals surface area contributed by atoms with Crippen molar-refractivity contribution in [2.45, 2.75) is 39.2 Å². The van der Waals surface area contributed by atoms with Gasteiger partial charge in [0.15, 0.2) is 0 Å². The standard InChI is InChI=1S/C15H21ClN2O/c1-3-15(4-2)8-12-13(7-11(16)9-17-12)18-5-6-19-10-14(15)18/h7,9,14H,3-6,8,10H2,1-2H3. The van der Waals surface area contributed by atoms with E-state index in [1.807, 2.05) is 0 Å². The van der Waals surface area contributed by atoms with Crippen LogP contribution in [-0.2, 0) is 11.2 Å². The molecule has 4 heteroatoms. The monoisotopic (exact) mass is 280 g/mol. The van der Waals surface area contributed by atoms with E-state index >= 15 is 0 Å². The third-order valence-corrected chi connectivity index (χ3v) is 5.19. The highest BCUT2D eigenvalue weighted by atomic mass is 35.5. The summed E-state index contributed by atoms with van der Waals surface area (Å²) in [4.78, 5) is 7.07. The molecule has 1 fully saturated rings. The summed E-state index contributed by atoms with van der Waals surface area (Å²) in [7, 11) is 0. The van der Waals surface area contributed by atoms with Crippen molar-refractivity contribution < 1.29 is 4.74 Å². The van der Waals surface area contributed by atoms with E-state index in [1.54, 1.807) is 6.20 Å². The summed E-state index contributed by atoms with van der Waals surface area (Å²) in [6, 6.07) is 2.53. The van der Waals surface area contributed by atoms with Crippen molar-refractivity contribution in [3.05, 3.63) is 23.0 Å². The van der Waals surface area contributed by atoms with Gasteiger partial charge in [-0.25, -0.2) is 0 Å². The van der Waals surface area contributed by atoms with E-state index in [4.69, 9.17) is 16.3 Å². The molecule has 1 atom stereocenters. The average molecular weight is 281 g/mol. The number of halogens is 1. The molecule has 3 nitrogen and oxygen atoms in total. The van der Waals surface area contributed by atoms with Crippen molar-refractivity contribution in [2.24, 2.45) is 5.41 Å². The average Bonchev–Trinajstić information content (AvgIpc) is 2.47. The molecule has 1 aromatic rings. The van der Waals surface area contributed by atoms with E-state index in [0.29, 0.717) is 6.04 Å². The second-order valence-electron chi connectivity index (χ2n) is 5.65. The Morgan fingerprint density at radius 2 is 2.26 bits per heavy atom. The molecule has 1 saturated heterocycles. The van der Waals surface area contributed by atoms with Crippen LogP contribution in [0.4, 0.5) is 5.69 Å². The molecule has 2 aliphatic heterocycles. The molecule has 19 heavy (non-hydrogen) atoms. The lowest BCUT2D eigenvalue weighted by atomic mass is 9.68. The number of fused-ring (bicyclic) bond motifs is 3. The SMILES string of the molecule is CCC1(CC)Cc2ncc(Cl)cc2N2CCOCC21. The fraction of sp³-hybridized carbons (Fsp3) is 0.667. The number of hydrogen-bond donors (Lipinski definition) is 0. The zero-order chi connectivity index (χ0) is 13.5. The van der Waals surface area contributed by atoms with Gasteiger partial charge in [0.2, 0.25) is 0 Å². The van der Waals surface area contributed by atoms with Crippen molar-refractivity contribution in [1.29, 1.82) is 0 Å². The highest BCUT2D eigenvalue weighted by Crippen LogP contribution is 2.46. The number of pyridine rings is 1. The predicted molar refractivity (Wildman–Crippen MR) is 77.9 cm³/mol. The molecule has 3 heterocycles. The minimum absolute atomic E-state index is 0.286. The normalized spacial score (nSPS) is 24.8. The van der Waals surface area contributed by atoms with Crippen LogP contribution in [0.5, 0.6) is 0 Å². The molecule has 0 spiro atoms. The molecule has 0 radical (unpaired) electrons. The minimum Gasteiger partial charge on any atom is -0.377 e. The molecule has 0 bridgehead atoms. The van der Waals surface area contributed by atoms with Gasteiger partial charge >= 0.3 is 0 Å². The van der Waals surface area contributed by atoms with E-state index in [1.165, 1.54) is 11.4 Å². The lowest BCUT2D eigenvalue weighted by Gasteiger charge is -2.52. The Balaban J connectivity index is 2.09. The van der Waals surface area contributed by atoms with Crippen molar-refractivity contribution in [3.8, 4) is 0 Å². The molecule has 2 aliphatic rings. The molecule has 0 amide bonds. The molecular formula is C15H21ClN2O. The van der Waals surface area contributed by atoms with Crippen LogP contribution in [0.1, 0.15) is 32.4 Å². The maximum atomic E-state index is 6.13. The van der Waals surface area contributed by atoms with Crippen LogP contribution >= 0.6 is 11.6 Å². The van der Waals surface area contributed by atoms with Gasteiger partial charge < -0.3 is 9.64 Å². The van der Waals surface area contributed by atoms with Gasteiger partial charge in [0.05, 0.1) is 35.7 Å². The number of nitrogens with zero attached hydrogens (tertiary/aromatic N) is 2. The van der Waals surface area contributed by atoms with Gasteiger partial charge in [-0.15, -0.1) is 0 Å². The highest BCUT2D eigenvalue weighted by Gasteiger charge is 2.46. The Hall–Kier alpha value is -0.800. The van der Waals surface area contributed by atoms with Crippen LogP contribution in [-0.4, -0.2) is 30.8 Å². The third-order valence-electron chi connectivity index (χ3n) is 4.99. The minimum atomic E-state index is 0.286. The zero-order valence-corrected chi connectivity index (χ0v) is 12.4. The van der Waals surface area contributed by atoms with E-state index in [-0.39, 0.29) is 5.41 Å². The Morgan fingerprint density at radius 1 is 1.47 bits per heavy atom. The second kappa shape index (κ2) is 4.95. The van der Waals surface area contributed by atoms with Crippen LogP contribution in [0, 0.1) is 5.41 Å². The van der Waals surface area contributed by atoms with E-state index < -0.39 is 0 Å². The summed E-state index contributed by atoms with van der Waals surface area (Å²) < 4.78 is 5.75. The van der Waals surface area contributed by atoms with Gasteiger partial charge in [-0.05, 0) is 30.7 Å². The Labute approximate surface area is 119 Å². The summed E-state index contributed by atoms with van der Waals surface area (Å²) in [5.74, 6) is 0. The van der Waals surface area contributed by atoms with Crippen LogP contribution in [0.25, 0.3) is 0 Å². The Bertz CT molecular complexity index is 473. The van der Waals surface area contributed by atoms with Gasteiger partial charge in [-0.2, -0.15) is 0 Å². The summed E-state index contributed by atoms with van der Waals surface area (Å²) >= 11 is 6.13. The van der Waals surface area contributed by atoms with Gasteiger partial charge in [0.25, 0.3) is 0 Å². The first kappa shape index (κ1) is 13.2. The van der Waals surface area contributed by atoms with Crippen LogP contribution in [0.3, 0.4) is 0 Å². The highest BCUT2D eigenvalue weighted by molar-refractivity contribution is 6.30. The first-order chi connectivity index (χ1) is 9.20. The molecule has 1 unspecified atom stereocenters. The number of ether oxygens (including phenoxy) is 1. The smallest absolute Gasteiger partial charge is 0.0676 e. The summed E-state index contributed by atoms with van der Waals surface area (Å²) in [5.41, 5.74) is 2.71. The first-order valence-corrected chi connectivity index (χ1v) is 7.57. The predicted octanol–water partition coefficient (Wildman–Crippen LogP) is 3.30. The van der Waals surface area contributed by atoms with E-state index in [2.05, 4.69) is 29.8 Å². The lowest BCUT2D eigenvalue weighted by Crippen LogP contribution is -2.58. The first-order valence-electron chi connectivity index (χ1n) is 7.19. The number of hydrogen-bond acceptors (Lipinski definition) is 3. The largest absolute Gasteiger partial charge is 0.377 e. The molecule has 0 aromatic carbocycles. The van der Waals surface area contributed by atoms with Crippen molar-refractivity contribution in [2.75, 3.05) is 24.7 Å². The van der Waals surface area contributed by atoms with Crippen molar-refractivity contribution in [3.63, 3.8) is 0 Å². The third kappa shape index (κ3) is 2.03. The van der Waals surface area contributed by atoms with Gasteiger partial charge in [-0.3, -0.25) is 4.98 Å². The maximum absolute atomic E-state index is 6.13. The number of morpholine rings is 1. The van der Waals surface area contributed by atoms with Crippen molar-refractivity contribution in [1.82, 2.24) is 4.98 Å². The molecule has 3 rings (SSSR count). The summed E-state index contributed by atoms with van der Waals surface area (Å²) in [5, 5.41) is 0.726. The molecule has 104 valence electrons. The Kier molecular flexibility index (Phi) is 3.44. The number of aromatic nitrogens is 1.